The maximum absolute atomic E-state index is 12.5. The van der Waals surface area contributed by atoms with Crippen LogP contribution in [0, 0.1) is 0 Å². The molecular formula is C62H117NO5. The van der Waals surface area contributed by atoms with Gasteiger partial charge in [0.2, 0.25) is 5.91 Å². The van der Waals surface area contributed by atoms with E-state index in [4.69, 9.17) is 4.74 Å². The molecule has 6 nitrogen and oxygen atoms in total. The number of aliphatic hydroxyl groups is 2. The molecule has 0 fully saturated rings. The van der Waals surface area contributed by atoms with Crippen molar-refractivity contribution in [2.75, 3.05) is 13.2 Å². The molecule has 2 unspecified atom stereocenters. The van der Waals surface area contributed by atoms with Gasteiger partial charge in [-0.15, -0.1) is 0 Å². The summed E-state index contributed by atoms with van der Waals surface area (Å²) in [4.78, 5) is 24.5. The van der Waals surface area contributed by atoms with Crippen LogP contribution in [-0.2, 0) is 14.3 Å². The summed E-state index contributed by atoms with van der Waals surface area (Å²) in [6, 6.07) is -0.641. The van der Waals surface area contributed by atoms with Gasteiger partial charge in [-0.3, -0.25) is 9.59 Å². The first-order valence-electron chi connectivity index (χ1n) is 30.3. The first kappa shape index (κ1) is 66.1. The molecule has 0 spiro atoms. The first-order valence-corrected chi connectivity index (χ1v) is 30.3. The molecule has 0 aromatic carbocycles. The van der Waals surface area contributed by atoms with Gasteiger partial charge in [-0.1, -0.05) is 269 Å². The summed E-state index contributed by atoms with van der Waals surface area (Å²) in [6.45, 7) is 4.84. The van der Waals surface area contributed by atoms with Gasteiger partial charge in [0.15, 0.2) is 0 Å². The first-order chi connectivity index (χ1) is 33.5. The van der Waals surface area contributed by atoms with E-state index in [0.29, 0.717) is 19.4 Å². The third kappa shape index (κ3) is 53.4. The number of hydrogen-bond acceptors (Lipinski definition) is 5. The van der Waals surface area contributed by atoms with Crippen molar-refractivity contribution >= 4 is 11.9 Å². The number of amides is 1. The summed E-state index contributed by atoms with van der Waals surface area (Å²) in [5, 5.41) is 23.2. The Labute approximate surface area is 424 Å². The van der Waals surface area contributed by atoms with Crippen LogP contribution >= 0.6 is 0 Å². The molecule has 0 rings (SSSR count). The van der Waals surface area contributed by atoms with Crippen LogP contribution in [0.4, 0.5) is 0 Å². The number of rotatable bonds is 56. The second-order valence-electron chi connectivity index (χ2n) is 20.7. The van der Waals surface area contributed by atoms with E-state index in [1.54, 1.807) is 6.08 Å². The average molecular weight is 957 g/mol. The SMILES string of the molecule is CCCC/C=C\CCCCCCCC(=O)OCCCCCC/C=C\CCCCCCCCCC(=O)NC(CO)C(O)/C=C/CCCCCCCCCCCCCCCCCCCCCCCCC. The molecule has 6 heteroatoms. The lowest BCUT2D eigenvalue weighted by atomic mass is 10.0. The molecule has 0 aromatic rings. The van der Waals surface area contributed by atoms with Gasteiger partial charge >= 0.3 is 5.97 Å². The molecule has 0 radical (unpaired) electrons. The van der Waals surface area contributed by atoms with Gasteiger partial charge in [0.25, 0.3) is 0 Å². The molecule has 68 heavy (non-hydrogen) atoms. The Kier molecular flexibility index (Phi) is 56.0. The molecular weight excluding hydrogens is 839 g/mol. The maximum atomic E-state index is 12.5. The average Bonchev–Trinajstić information content (AvgIpc) is 3.34. The topological polar surface area (TPSA) is 95.9 Å². The van der Waals surface area contributed by atoms with E-state index in [0.717, 1.165) is 70.6 Å². The van der Waals surface area contributed by atoms with Crippen molar-refractivity contribution in [3.63, 3.8) is 0 Å². The molecule has 1 amide bonds. The Balaban J connectivity index is 3.51. The number of hydrogen-bond donors (Lipinski definition) is 3. The smallest absolute Gasteiger partial charge is 0.305 e. The number of nitrogens with one attached hydrogen (secondary N) is 1. The quantitative estimate of drug-likeness (QED) is 0.0321. The number of carbonyl (C=O) groups is 2. The standard InChI is InChI=1S/C62H117NO5/c1-3-5-7-9-11-13-15-16-17-18-19-20-21-22-23-24-25-26-28-31-35-38-42-46-50-54-60(65)59(58-64)63-61(66)55-51-47-43-39-36-32-29-27-30-33-37-41-45-49-53-57-68-62(67)56-52-48-44-40-34-14-12-10-8-6-4-2/h10,12,30,33,50,54,59-60,64-65H,3-9,11,13-29,31-32,34-49,51-53,55-58H2,1-2H3,(H,63,66)/b12-10-,33-30-,54-50+. The second-order valence-corrected chi connectivity index (χ2v) is 20.7. The van der Waals surface area contributed by atoms with Gasteiger partial charge in [-0.2, -0.15) is 0 Å². The molecule has 0 saturated heterocycles. The number of allylic oxidation sites excluding steroid dienone is 5. The minimum atomic E-state index is -0.856. The summed E-state index contributed by atoms with van der Waals surface area (Å²) in [6.07, 6.45) is 71.8. The van der Waals surface area contributed by atoms with E-state index in [1.807, 2.05) is 6.08 Å². The van der Waals surface area contributed by atoms with Crippen molar-refractivity contribution in [1.82, 2.24) is 5.32 Å². The summed E-state index contributed by atoms with van der Waals surface area (Å²) in [5.74, 6) is -0.103. The van der Waals surface area contributed by atoms with Crippen molar-refractivity contribution in [1.29, 1.82) is 0 Å². The van der Waals surface area contributed by atoms with E-state index in [9.17, 15) is 19.8 Å². The normalized spacial score (nSPS) is 12.8. The van der Waals surface area contributed by atoms with Crippen molar-refractivity contribution in [3.05, 3.63) is 36.5 Å². The summed E-state index contributed by atoms with van der Waals surface area (Å²) in [5.41, 5.74) is 0. The van der Waals surface area contributed by atoms with Crippen molar-refractivity contribution in [3.8, 4) is 0 Å². The van der Waals surface area contributed by atoms with Gasteiger partial charge in [0.05, 0.1) is 25.4 Å². The third-order valence-corrected chi connectivity index (χ3v) is 13.9. The molecule has 0 aliphatic rings. The Morgan fingerprint density at radius 2 is 0.706 bits per heavy atom. The van der Waals surface area contributed by atoms with Gasteiger partial charge in [-0.05, 0) is 77.0 Å². The van der Waals surface area contributed by atoms with Crippen LogP contribution in [0.3, 0.4) is 0 Å². The van der Waals surface area contributed by atoms with Crippen molar-refractivity contribution < 1.29 is 24.5 Å². The van der Waals surface area contributed by atoms with E-state index < -0.39 is 12.1 Å². The molecule has 0 heterocycles. The Morgan fingerprint density at radius 1 is 0.397 bits per heavy atom. The fraction of sp³-hybridized carbons (Fsp3) is 0.871. The Bertz CT molecular complexity index is 1100. The van der Waals surface area contributed by atoms with Crippen LogP contribution in [0.5, 0.6) is 0 Å². The van der Waals surface area contributed by atoms with Gasteiger partial charge < -0.3 is 20.3 Å². The van der Waals surface area contributed by atoms with Crippen LogP contribution in [0.2, 0.25) is 0 Å². The van der Waals surface area contributed by atoms with Crippen molar-refractivity contribution in [2.45, 2.75) is 334 Å². The minimum Gasteiger partial charge on any atom is -0.466 e. The molecule has 0 bridgehead atoms. The largest absolute Gasteiger partial charge is 0.466 e. The maximum Gasteiger partial charge on any atom is 0.305 e. The zero-order valence-corrected chi connectivity index (χ0v) is 45.6. The number of esters is 1. The zero-order chi connectivity index (χ0) is 49.3. The van der Waals surface area contributed by atoms with Gasteiger partial charge in [0.1, 0.15) is 0 Å². The highest BCUT2D eigenvalue weighted by molar-refractivity contribution is 5.76. The molecule has 400 valence electrons. The zero-order valence-electron chi connectivity index (χ0n) is 45.6. The third-order valence-electron chi connectivity index (χ3n) is 13.9. The molecule has 3 N–H and O–H groups in total. The summed E-state index contributed by atoms with van der Waals surface area (Å²) in [7, 11) is 0. The van der Waals surface area contributed by atoms with E-state index >= 15 is 0 Å². The molecule has 0 aliphatic carbocycles. The summed E-state index contributed by atoms with van der Waals surface area (Å²) >= 11 is 0. The highest BCUT2D eigenvalue weighted by atomic mass is 16.5. The van der Waals surface area contributed by atoms with Crippen molar-refractivity contribution in [2.24, 2.45) is 0 Å². The molecule has 0 saturated carbocycles. The van der Waals surface area contributed by atoms with Gasteiger partial charge in [-0.25, -0.2) is 0 Å². The molecule has 2 atom stereocenters. The van der Waals surface area contributed by atoms with Crippen LogP contribution < -0.4 is 5.32 Å². The molecule has 0 aliphatic heterocycles. The number of unbranched alkanes of at least 4 members (excludes halogenated alkanes) is 41. The number of carbonyl (C=O) groups excluding carboxylic acids is 2. The lowest BCUT2D eigenvalue weighted by molar-refractivity contribution is -0.143. The lowest BCUT2D eigenvalue weighted by Crippen LogP contribution is -2.45. The van der Waals surface area contributed by atoms with E-state index in [-0.39, 0.29) is 18.5 Å². The minimum absolute atomic E-state index is 0.0221. The van der Waals surface area contributed by atoms with Crippen LogP contribution in [0.1, 0.15) is 322 Å². The lowest BCUT2D eigenvalue weighted by Gasteiger charge is -2.20. The number of ether oxygens (including phenoxy) is 1. The fourth-order valence-corrected chi connectivity index (χ4v) is 9.20. The Morgan fingerprint density at radius 3 is 1.09 bits per heavy atom. The van der Waals surface area contributed by atoms with Crippen LogP contribution in [0.15, 0.2) is 36.5 Å². The highest BCUT2D eigenvalue weighted by Gasteiger charge is 2.18. The fourth-order valence-electron chi connectivity index (χ4n) is 9.20. The predicted octanol–water partition coefficient (Wildman–Crippen LogP) is 18.8. The van der Waals surface area contributed by atoms with Gasteiger partial charge in [0, 0.05) is 12.8 Å². The summed E-state index contributed by atoms with van der Waals surface area (Å²) < 4.78 is 5.44. The predicted molar refractivity (Wildman–Crippen MR) is 296 cm³/mol. The highest BCUT2D eigenvalue weighted by Crippen LogP contribution is 2.17. The number of aliphatic hydroxyl groups excluding tert-OH is 2. The van der Waals surface area contributed by atoms with E-state index in [1.165, 1.54) is 225 Å². The second kappa shape index (κ2) is 57.7. The van der Waals surface area contributed by atoms with E-state index in [2.05, 4.69) is 43.5 Å². The Hall–Kier alpha value is -1.92. The molecule has 0 aromatic heterocycles. The van der Waals surface area contributed by atoms with Crippen LogP contribution in [0.25, 0.3) is 0 Å². The van der Waals surface area contributed by atoms with Crippen LogP contribution in [-0.4, -0.2) is 47.4 Å². The monoisotopic (exact) mass is 956 g/mol.